The van der Waals surface area contributed by atoms with Gasteiger partial charge in [0.1, 0.15) is 0 Å². The van der Waals surface area contributed by atoms with Crippen molar-refractivity contribution in [3.8, 4) is 0 Å². The van der Waals surface area contributed by atoms with E-state index in [2.05, 4.69) is 38.2 Å². The summed E-state index contributed by atoms with van der Waals surface area (Å²) in [6, 6.07) is 4.56. The number of hydrogen-bond acceptors (Lipinski definition) is 2. The lowest BCUT2D eigenvalue weighted by atomic mass is 9.86. The average molecular weight is 233 g/mol. The predicted molar refractivity (Wildman–Crippen MR) is 71.6 cm³/mol. The van der Waals surface area contributed by atoms with Crippen LogP contribution in [0.15, 0.2) is 12.1 Å². The molecule has 0 aliphatic carbocycles. The summed E-state index contributed by atoms with van der Waals surface area (Å²) in [6.45, 7) is 8.58. The Morgan fingerprint density at radius 3 is 2.18 bits per heavy atom. The van der Waals surface area contributed by atoms with Crippen molar-refractivity contribution in [3.05, 3.63) is 34.4 Å². The third-order valence-electron chi connectivity index (χ3n) is 4.00. The zero-order valence-corrected chi connectivity index (χ0v) is 11.4. The number of rotatable bonds is 4. The Morgan fingerprint density at radius 2 is 1.76 bits per heavy atom. The van der Waals surface area contributed by atoms with Crippen LogP contribution in [0.3, 0.4) is 0 Å². The maximum absolute atomic E-state index is 5.64. The van der Waals surface area contributed by atoms with E-state index >= 15 is 0 Å². The third-order valence-corrected chi connectivity index (χ3v) is 4.00. The molecule has 17 heavy (non-hydrogen) atoms. The molecule has 1 aromatic carbocycles. The van der Waals surface area contributed by atoms with Crippen molar-refractivity contribution >= 4 is 0 Å². The van der Waals surface area contributed by atoms with Crippen LogP contribution >= 0.6 is 0 Å². The fourth-order valence-electron chi connectivity index (χ4n) is 2.78. The van der Waals surface area contributed by atoms with Crippen LogP contribution in [0.1, 0.15) is 28.7 Å². The largest absolute Gasteiger partial charge is 0.376 e. The topological polar surface area (TPSA) is 21.3 Å². The Kier molecular flexibility index (Phi) is 3.55. The standard InChI is InChI=1S/C15H23NO/c1-11-7-12(2)14(13(3)8-11)5-6-15(17-4)9-16-10-15/h7-8,16H,5-6,9-10H2,1-4H3. The Morgan fingerprint density at radius 1 is 1.18 bits per heavy atom. The smallest absolute Gasteiger partial charge is 0.0929 e. The first-order valence-corrected chi connectivity index (χ1v) is 6.39. The van der Waals surface area contributed by atoms with Crippen LogP contribution in [0.2, 0.25) is 0 Å². The highest BCUT2D eigenvalue weighted by Gasteiger charge is 2.36. The molecule has 0 atom stereocenters. The van der Waals surface area contributed by atoms with Crippen LogP contribution in [0.25, 0.3) is 0 Å². The van der Waals surface area contributed by atoms with Crippen molar-refractivity contribution in [2.45, 2.75) is 39.2 Å². The van der Waals surface area contributed by atoms with Crippen molar-refractivity contribution in [3.63, 3.8) is 0 Å². The van der Waals surface area contributed by atoms with E-state index in [0.29, 0.717) is 0 Å². The van der Waals surface area contributed by atoms with Gasteiger partial charge in [-0.15, -0.1) is 0 Å². The van der Waals surface area contributed by atoms with Gasteiger partial charge in [0.15, 0.2) is 0 Å². The second kappa shape index (κ2) is 4.79. The number of ether oxygens (including phenoxy) is 1. The van der Waals surface area contributed by atoms with E-state index in [1.165, 1.54) is 22.3 Å². The summed E-state index contributed by atoms with van der Waals surface area (Å²) in [5.74, 6) is 0. The lowest BCUT2D eigenvalue weighted by Crippen LogP contribution is -2.60. The molecule has 1 aromatic rings. The van der Waals surface area contributed by atoms with E-state index in [1.54, 1.807) is 0 Å². The average Bonchev–Trinajstić information content (AvgIpc) is 2.19. The molecule has 0 unspecified atom stereocenters. The fraction of sp³-hybridized carbons (Fsp3) is 0.600. The minimum Gasteiger partial charge on any atom is -0.376 e. The normalized spacial score (nSPS) is 17.9. The van der Waals surface area contributed by atoms with E-state index in [-0.39, 0.29) is 5.60 Å². The van der Waals surface area contributed by atoms with Crippen molar-refractivity contribution in [2.75, 3.05) is 20.2 Å². The Labute approximate surface area is 104 Å². The van der Waals surface area contributed by atoms with Gasteiger partial charge in [0, 0.05) is 20.2 Å². The molecule has 1 aliphatic rings. The minimum atomic E-state index is 0.0871. The van der Waals surface area contributed by atoms with E-state index in [0.717, 1.165) is 25.9 Å². The summed E-state index contributed by atoms with van der Waals surface area (Å²) >= 11 is 0. The monoisotopic (exact) mass is 233 g/mol. The molecule has 0 saturated carbocycles. The van der Waals surface area contributed by atoms with Crippen LogP contribution in [0, 0.1) is 20.8 Å². The van der Waals surface area contributed by atoms with Crippen molar-refractivity contribution in [2.24, 2.45) is 0 Å². The van der Waals surface area contributed by atoms with Crippen LogP contribution in [-0.4, -0.2) is 25.8 Å². The molecule has 0 bridgehead atoms. The van der Waals surface area contributed by atoms with E-state index in [9.17, 15) is 0 Å². The van der Waals surface area contributed by atoms with Gasteiger partial charge in [0.05, 0.1) is 5.60 Å². The second-order valence-electron chi connectivity index (χ2n) is 5.37. The Hall–Kier alpha value is -0.860. The van der Waals surface area contributed by atoms with Gasteiger partial charge in [-0.1, -0.05) is 17.7 Å². The van der Waals surface area contributed by atoms with Gasteiger partial charge < -0.3 is 10.1 Å². The lowest BCUT2D eigenvalue weighted by Gasteiger charge is -2.41. The van der Waals surface area contributed by atoms with Gasteiger partial charge in [0.25, 0.3) is 0 Å². The lowest BCUT2D eigenvalue weighted by molar-refractivity contribution is -0.0567. The first kappa shape index (κ1) is 12.6. The molecular weight excluding hydrogens is 210 g/mol. The molecule has 2 nitrogen and oxygen atoms in total. The molecule has 0 amide bonds. The molecule has 0 aromatic heterocycles. The number of hydrogen-bond donors (Lipinski definition) is 1. The molecular formula is C15H23NO. The Bertz CT molecular complexity index is 379. The van der Waals surface area contributed by atoms with Gasteiger partial charge >= 0.3 is 0 Å². The van der Waals surface area contributed by atoms with Crippen molar-refractivity contribution in [1.82, 2.24) is 5.32 Å². The molecule has 94 valence electrons. The molecule has 1 heterocycles. The molecule has 0 radical (unpaired) electrons. The molecule has 1 fully saturated rings. The van der Waals surface area contributed by atoms with Gasteiger partial charge in [-0.25, -0.2) is 0 Å². The zero-order valence-electron chi connectivity index (χ0n) is 11.4. The van der Waals surface area contributed by atoms with E-state index in [4.69, 9.17) is 4.74 Å². The first-order chi connectivity index (χ1) is 8.06. The highest BCUT2D eigenvalue weighted by molar-refractivity contribution is 5.37. The molecule has 2 rings (SSSR count). The van der Waals surface area contributed by atoms with Gasteiger partial charge in [0.2, 0.25) is 0 Å². The van der Waals surface area contributed by atoms with Crippen molar-refractivity contribution in [1.29, 1.82) is 0 Å². The van der Waals surface area contributed by atoms with E-state index in [1.807, 2.05) is 7.11 Å². The highest BCUT2D eigenvalue weighted by atomic mass is 16.5. The molecule has 1 N–H and O–H groups in total. The van der Waals surface area contributed by atoms with Crippen LogP contribution in [0.5, 0.6) is 0 Å². The SMILES string of the molecule is COC1(CCc2c(C)cc(C)cc2C)CNC1. The van der Waals surface area contributed by atoms with Crippen LogP contribution in [-0.2, 0) is 11.2 Å². The number of methoxy groups -OCH3 is 1. The summed E-state index contributed by atoms with van der Waals surface area (Å²) in [5, 5.41) is 3.30. The van der Waals surface area contributed by atoms with Gasteiger partial charge in [-0.05, 0) is 50.3 Å². The predicted octanol–water partition coefficient (Wildman–Crippen LogP) is 2.53. The number of benzene rings is 1. The van der Waals surface area contributed by atoms with Crippen LogP contribution < -0.4 is 5.32 Å². The van der Waals surface area contributed by atoms with Gasteiger partial charge in [-0.3, -0.25) is 0 Å². The highest BCUT2D eigenvalue weighted by Crippen LogP contribution is 2.25. The van der Waals surface area contributed by atoms with Crippen LogP contribution in [0.4, 0.5) is 0 Å². The fourth-order valence-corrected chi connectivity index (χ4v) is 2.78. The van der Waals surface area contributed by atoms with Gasteiger partial charge in [-0.2, -0.15) is 0 Å². The van der Waals surface area contributed by atoms with Crippen molar-refractivity contribution < 1.29 is 4.74 Å². The summed E-state index contributed by atoms with van der Waals surface area (Å²) < 4.78 is 5.64. The first-order valence-electron chi connectivity index (χ1n) is 6.39. The third kappa shape index (κ3) is 2.53. The second-order valence-corrected chi connectivity index (χ2v) is 5.37. The quantitative estimate of drug-likeness (QED) is 0.863. The summed E-state index contributed by atoms with van der Waals surface area (Å²) in [5.41, 5.74) is 5.78. The minimum absolute atomic E-state index is 0.0871. The molecule has 1 saturated heterocycles. The maximum atomic E-state index is 5.64. The van der Waals surface area contributed by atoms with E-state index < -0.39 is 0 Å². The maximum Gasteiger partial charge on any atom is 0.0929 e. The molecule has 1 aliphatic heterocycles. The number of nitrogens with one attached hydrogen (secondary N) is 1. The summed E-state index contributed by atoms with van der Waals surface area (Å²) in [7, 11) is 1.83. The zero-order chi connectivity index (χ0) is 12.5. The Balaban J connectivity index is 2.09. The summed E-state index contributed by atoms with van der Waals surface area (Å²) in [6.07, 6.45) is 2.23. The molecule has 2 heteroatoms. The number of aryl methyl sites for hydroxylation is 3. The molecule has 0 spiro atoms. The summed E-state index contributed by atoms with van der Waals surface area (Å²) in [4.78, 5) is 0.